The number of aromatic nitrogens is 2. The number of hydrogen-bond acceptors (Lipinski definition) is 4. The van der Waals surface area contributed by atoms with Gasteiger partial charge in [0.2, 0.25) is 5.95 Å². The minimum atomic E-state index is 0.639. The van der Waals surface area contributed by atoms with Gasteiger partial charge in [-0.2, -0.15) is 4.98 Å². The Labute approximate surface area is 159 Å². The maximum Gasteiger partial charge on any atom is 0.225 e. The highest BCUT2D eigenvalue weighted by molar-refractivity contribution is 6.30. The molecule has 3 aromatic rings. The summed E-state index contributed by atoms with van der Waals surface area (Å²) < 4.78 is 0. The van der Waals surface area contributed by atoms with E-state index in [2.05, 4.69) is 51.8 Å². The van der Waals surface area contributed by atoms with Gasteiger partial charge >= 0.3 is 0 Å². The molecule has 0 aliphatic rings. The molecule has 2 N–H and O–H groups in total. The lowest BCUT2D eigenvalue weighted by molar-refractivity contribution is 0.981. The molecule has 0 bridgehead atoms. The number of halogens is 1. The van der Waals surface area contributed by atoms with Crippen LogP contribution in [0.1, 0.15) is 22.4 Å². The van der Waals surface area contributed by atoms with Gasteiger partial charge in [-0.1, -0.05) is 53.6 Å². The lowest BCUT2D eigenvalue weighted by atomic mass is 10.1. The molecule has 3 rings (SSSR count). The van der Waals surface area contributed by atoms with Crippen LogP contribution >= 0.6 is 11.6 Å². The van der Waals surface area contributed by atoms with Crippen LogP contribution in [-0.2, 0) is 13.0 Å². The lowest BCUT2D eigenvalue weighted by Gasteiger charge is -2.10. The number of benzene rings is 2. The first-order valence-corrected chi connectivity index (χ1v) is 9.10. The summed E-state index contributed by atoms with van der Waals surface area (Å²) in [6.07, 6.45) is 0.909. The number of rotatable bonds is 7. The summed E-state index contributed by atoms with van der Waals surface area (Å²) in [5.74, 6) is 1.47. The van der Waals surface area contributed by atoms with Crippen molar-refractivity contribution in [2.45, 2.75) is 26.8 Å². The van der Waals surface area contributed by atoms with Gasteiger partial charge in [-0.05, 0) is 43.5 Å². The van der Waals surface area contributed by atoms with Crippen LogP contribution in [0.25, 0.3) is 0 Å². The van der Waals surface area contributed by atoms with E-state index < -0.39 is 0 Å². The fourth-order valence-electron chi connectivity index (χ4n) is 2.73. The van der Waals surface area contributed by atoms with Gasteiger partial charge < -0.3 is 10.6 Å². The van der Waals surface area contributed by atoms with Crippen molar-refractivity contribution in [3.8, 4) is 0 Å². The molecule has 0 atom stereocenters. The topological polar surface area (TPSA) is 49.8 Å². The van der Waals surface area contributed by atoms with Gasteiger partial charge in [0, 0.05) is 29.9 Å². The second-order valence-electron chi connectivity index (χ2n) is 6.36. The van der Waals surface area contributed by atoms with Crippen LogP contribution < -0.4 is 10.6 Å². The van der Waals surface area contributed by atoms with E-state index in [0.717, 1.165) is 29.5 Å². The number of nitrogens with zero attached hydrogens (tertiary/aromatic N) is 2. The van der Waals surface area contributed by atoms with Crippen molar-refractivity contribution >= 4 is 23.4 Å². The van der Waals surface area contributed by atoms with Gasteiger partial charge in [0.1, 0.15) is 5.82 Å². The van der Waals surface area contributed by atoms with Crippen LogP contribution in [-0.4, -0.2) is 16.5 Å². The van der Waals surface area contributed by atoms with Crippen LogP contribution in [0, 0.1) is 13.8 Å². The van der Waals surface area contributed by atoms with Crippen molar-refractivity contribution in [3.63, 3.8) is 0 Å². The Morgan fingerprint density at radius 3 is 2.46 bits per heavy atom. The predicted molar refractivity (Wildman–Crippen MR) is 109 cm³/mol. The first kappa shape index (κ1) is 18.2. The highest BCUT2D eigenvalue weighted by Crippen LogP contribution is 2.13. The van der Waals surface area contributed by atoms with Gasteiger partial charge in [0.05, 0.1) is 0 Å². The zero-order valence-corrected chi connectivity index (χ0v) is 15.8. The Bertz CT molecular complexity index is 862. The highest BCUT2D eigenvalue weighted by Gasteiger charge is 2.03. The van der Waals surface area contributed by atoms with Crippen LogP contribution in [0.5, 0.6) is 0 Å². The molecule has 0 saturated carbocycles. The van der Waals surface area contributed by atoms with Crippen molar-refractivity contribution in [3.05, 3.63) is 82.0 Å². The van der Waals surface area contributed by atoms with Gasteiger partial charge in [-0.3, -0.25) is 0 Å². The standard InChI is InChI=1S/C21H23ClN4/c1-15-4-3-5-18(12-15)14-24-21-25-16(2)13-20(26-21)23-11-10-17-6-8-19(22)9-7-17/h3-9,12-13H,10-11,14H2,1-2H3,(H2,23,24,25,26). The molecule has 134 valence electrons. The van der Waals surface area contributed by atoms with Gasteiger partial charge in [-0.25, -0.2) is 4.98 Å². The van der Waals surface area contributed by atoms with E-state index in [4.69, 9.17) is 11.6 Å². The summed E-state index contributed by atoms with van der Waals surface area (Å²) in [6, 6.07) is 18.3. The van der Waals surface area contributed by atoms with E-state index in [1.807, 2.05) is 37.3 Å². The Morgan fingerprint density at radius 1 is 0.885 bits per heavy atom. The molecule has 0 aliphatic heterocycles. The molecule has 1 aromatic heterocycles. The molecular formula is C21H23ClN4. The largest absolute Gasteiger partial charge is 0.370 e. The van der Waals surface area contributed by atoms with E-state index >= 15 is 0 Å². The van der Waals surface area contributed by atoms with E-state index in [-0.39, 0.29) is 0 Å². The molecular weight excluding hydrogens is 344 g/mol. The summed E-state index contributed by atoms with van der Waals surface area (Å²) in [5.41, 5.74) is 4.64. The highest BCUT2D eigenvalue weighted by atomic mass is 35.5. The smallest absolute Gasteiger partial charge is 0.225 e. The Balaban J connectivity index is 1.57. The number of anilines is 2. The summed E-state index contributed by atoms with van der Waals surface area (Å²) in [7, 11) is 0. The van der Waals surface area contributed by atoms with Crippen molar-refractivity contribution < 1.29 is 0 Å². The number of aryl methyl sites for hydroxylation is 2. The van der Waals surface area contributed by atoms with Gasteiger partial charge in [0.15, 0.2) is 0 Å². The van der Waals surface area contributed by atoms with E-state index in [1.54, 1.807) is 0 Å². The Kier molecular flexibility index (Phi) is 6.08. The van der Waals surface area contributed by atoms with E-state index in [9.17, 15) is 0 Å². The minimum absolute atomic E-state index is 0.639. The second-order valence-corrected chi connectivity index (χ2v) is 6.80. The zero-order chi connectivity index (χ0) is 18.4. The molecule has 2 aromatic carbocycles. The molecule has 0 radical (unpaired) electrons. The van der Waals surface area contributed by atoms with Gasteiger partial charge in [0.25, 0.3) is 0 Å². The third-order valence-corrected chi connectivity index (χ3v) is 4.27. The SMILES string of the molecule is Cc1cccc(CNc2nc(C)cc(NCCc3ccc(Cl)cc3)n2)c1. The number of nitrogens with one attached hydrogen (secondary N) is 2. The summed E-state index contributed by atoms with van der Waals surface area (Å²) in [5, 5.41) is 7.44. The molecule has 4 nitrogen and oxygen atoms in total. The molecule has 0 saturated heterocycles. The molecule has 0 aliphatic carbocycles. The number of hydrogen-bond donors (Lipinski definition) is 2. The zero-order valence-electron chi connectivity index (χ0n) is 15.1. The molecule has 0 amide bonds. The third kappa shape index (κ3) is 5.46. The second kappa shape index (κ2) is 8.68. The minimum Gasteiger partial charge on any atom is -0.370 e. The maximum atomic E-state index is 5.92. The summed E-state index contributed by atoms with van der Waals surface area (Å²) in [6.45, 7) is 5.57. The summed E-state index contributed by atoms with van der Waals surface area (Å²) in [4.78, 5) is 9.03. The first-order chi connectivity index (χ1) is 12.6. The predicted octanol–water partition coefficient (Wildman–Crippen LogP) is 5.01. The van der Waals surface area contributed by atoms with Crippen LogP contribution in [0.3, 0.4) is 0 Å². The molecule has 0 unspecified atom stereocenters. The van der Waals surface area contributed by atoms with Crippen molar-refractivity contribution in [1.29, 1.82) is 0 Å². The third-order valence-electron chi connectivity index (χ3n) is 4.02. The molecule has 5 heteroatoms. The first-order valence-electron chi connectivity index (χ1n) is 8.72. The molecule has 0 spiro atoms. The molecule has 0 fully saturated rings. The average molecular weight is 367 g/mol. The quantitative estimate of drug-likeness (QED) is 0.616. The van der Waals surface area contributed by atoms with Gasteiger partial charge in [-0.15, -0.1) is 0 Å². The van der Waals surface area contributed by atoms with Crippen LogP contribution in [0.2, 0.25) is 5.02 Å². The van der Waals surface area contributed by atoms with E-state index in [1.165, 1.54) is 16.7 Å². The van der Waals surface area contributed by atoms with Crippen LogP contribution in [0.15, 0.2) is 54.6 Å². The summed E-state index contributed by atoms with van der Waals surface area (Å²) >= 11 is 5.92. The molecule has 26 heavy (non-hydrogen) atoms. The fourth-order valence-corrected chi connectivity index (χ4v) is 2.85. The Hall–Kier alpha value is -2.59. The van der Waals surface area contributed by atoms with Crippen LogP contribution in [0.4, 0.5) is 11.8 Å². The van der Waals surface area contributed by atoms with E-state index in [0.29, 0.717) is 12.5 Å². The molecule has 1 heterocycles. The van der Waals surface area contributed by atoms with Crippen molar-refractivity contribution in [2.24, 2.45) is 0 Å². The normalized spacial score (nSPS) is 10.6. The maximum absolute atomic E-state index is 5.92. The Morgan fingerprint density at radius 2 is 1.69 bits per heavy atom. The van der Waals surface area contributed by atoms with Crippen molar-refractivity contribution in [1.82, 2.24) is 9.97 Å². The van der Waals surface area contributed by atoms with Crippen molar-refractivity contribution in [2.75, 3.05) is 17.2 Å². The lowest BCUT2D eigenvalue weighted by Crippen LogP contribution is -2.10. The monoisotopic (exact) mass is 366 g/mol. The fraction of sp³-hybridized carbons (Fsp3) is 0.238. The average Bonchev–Trinajstić information content (AvgIpc) is 2.61.